The summed E-state index contributed by atoms with van der Waals surface area (Å²) in [7, 11) is 0. The monoisotopic (exact) mass is 249 g/mol. The molecule has 1 fully saturated rings. The fourth-order valence-corrected chi connectivity index (χ4v) is 2.61. The Morgan fingerprint density at radius 1 is 1.28 bits per heavy atom. The second-order valence-corrected chi connectivity index (χ2v) is 5.45. The fraction of sp³-hybridized carbons (Fsp3) is 0.714. The van der Waals surface area contributed by atoms with Crippen molar-refractivity contribution in [3.8, 4) is 0 Å². The lowest BCUT2D eigenvalue weighted by molar-refractivity contribution is 0.276. The SMILES string of the molecule is CC(C)C1CCCN(c2cnc(CO)cn2)CC1. The first-order chi connectivity index (χ1) is 8.70. The van der Waals surface area contributed by atoms with Crippen LogP contribution in [-0.4, -0.2) is 28.2 Å². The van der Waals surface area contributed by atoms with E-state index in [9.17, 15) is 0 Å². The van der Waals surface area contributed by atoms with Gasteiger partial charge in [-0.15, -0.1) is 0 Å². The Morgan fingerprint density at radius 2 is 2.11 bits per heavy atom. The first kappa shape index (κ1) is 13.3. The van der Waals surface area contributed by atoms with Crippen LogP contribution in [-0.2, 0) is 6.61 Å². The predicted molar refractivity (Wildman–Crippen MR) is 72.3 cm³/mol. The van der Waals surface area contributed by atoms with E-state index in [2.05, 4.69) is 28.7 Å². The molecule has 100 valence electrons. The molecular weight excluding hydrogens is 226 g/mol. The van der Waals surface area contributed by atoms with E-state index in [1.165, 1.54) is 19.3 Å². The first-order valence-electron chi connectivity index (χ1n) is 6.87. The highest BCUT2D eigenvalue weighted by Gasteiger charge is 2.20. The van der Waals surface area contributed by atoms with Crippen LogP contribution in [0.5, 0.6) is 0 Å². The highest BCUT2D eigenvalue weighted by molar-refractivity contribution is 5.35. The minimum atomic E-state index is -0.0390. The van der Waals surface area contributed by atoms with Crippen LogP contribution in [0, 0.1) is 11.8 Å². The predicted octanol–water partition coefficient (Wildman–Crippen LogP) is 2.23. The van der Waals surface area contributed by atoms with E-state index in [1.54, 1.807) is 12.4 Å². The molecule has 18 heavy (non-hydrogen) atoms. The summed E-state index contributed by atoms with van der Waals surface area (Å²) < 4.78 is 0. The Bertz CT molecular complexity index is 364. The Kier molecular flexibility index (Phi) is 4.53. The van der Waals surface area contributed by atoms with E-state index < -0.39 is 0 Å². The third-order valence-electron chi connectivity index (χ3n) is 3.89. The molecule has 1 unspecified atom stereocenters. The number of rotatable bonds is 3. The molecule has 1 aromatic heterocycles. The molecule has 0 saturated carbocycles. The van der Waals surface area contributed by atoms with Gasteiger partial charge in [0.05, 0.1) is 24.7 Å². The lowest BCUT2D eigenvalue weighted by Gasteiger charge is -2.22. The van der Waals surface area contributed by atoms with Crippen molar-refractivity contribution in [2.24, 2.45) is 11.8 Å². The summed E-state index contributed by atoms with van der Waals surface area (Å²) in [5.41, 5.74) is 0.633. The highest BCUT2D eigenvalue weighted by Crippen LogP contribution is 2.26. The van der Waals surface area contributed by atoms with Gasteiger partial charge in [0.15, 0.2) is 0 Å². The van der Waals surface area contributed by atoms with Gasteiger partial charge in [-0.25, -0.2) is 4.98 Å². The van der Waals surface area contributed by atoms with Crippen LogP contribution in [0.2, 0.25) is 0 Å². The lowest BCUT2D eigenvalue weighted by Crippen LogP contribution is -2.25. The van der Waals surface area contributed by atoms with Crippen molar-refractivity contribution in [2.75, 3.05) is 18.0 Å². The molecule has 2 rings (SSSR count). The van der Waals surface area contributed by atoms with Crippen molar-refractivity contribution in [1.29, 1.82) is 0 Å². The average Bonchev–Trinajstić information content (AvgIpc) is 2.64. The van der Waals surface area contributed by atoms with Crippen LogP contribution in [0.15, 0.2) is 12.4 Å². The molecule has 0 amide bonds. The molecule has 4 heteroatoms. The van der Waals surface area contributed by atoms with Gasteiger partial charge in [-0.2, -0.15) is 0 Å². The van der Waals surface area contributed by atoms with Crippen LogP contribution in [0.3, 0.4) is 0 Å². The van der Waals surface area contributed by atoms with E-state index in [4.69, 9.17) is 5.11 Å². The van der Waals surface area contributed by atoms with Crippen LogP contribution in [0.4, 0.5) is 5.82 Å². The number of aromatic nitrogens is 2. The van der Waals surface area contributed by atoms with E-state index in [0.717, 1.165) is 30.7 Å². The van der Waals surface area contributed by atoms with Gasteiger partial charge in [0, 0.05) is 13.1 Å². The topological polar surface area (TPSA) is 49.2 Å². The Morgan fingerprint density at radius 3 is 2.72 bits per heavy atom. The number of anilines is 1. The molecule has 0 bridgehead atoms. The number of hydrogen-bond acceptors (Lipinski definition) is 4. The second-order valence-electron chi connectivity index (χ2n) is 5.45. The van der Waals surface area contributed by atoms with Gasteiger partial charge < -0.3 is 10.0 Å². The van der Waals surface area contributed by atoms with Crippen molar-refractivity contribution in [2.45, 2.75) is 39.7 Å². The molecule has 1 N–H and O–H groups in total. The van der Waals surface area contributed by atoms with Gasteiger partial charge in [0.1, 0.15) is 5.82 Å². The normalized spacial score (nSPS) is 21.1. The second kappa shape index (κ2) is 6.14. The zero-order chi connectivity index (χ0) is 13.0. The van der Waals surface area contributed by atoms with E-state index in [1.807, 2.05) is 0 Å². The van der Waals surface area contributed by atoms with E-state index in [0.29, 0.717) is 5.69 Å². The summed E-state index contributed by atoms with van der Waals surface area (Å²) in [4.78, 5) is 10.9. The summed E-state index contributed by atoms with van der Waals surface area (Å²) in [5, 5.41) is 8.96. The highest BCUT2D eigenvalue weighted by atomic mass is 16.3. The first-order valence-corrected chi connectivity index (χ1v) is 6.87. The van der Waals surface area contributed by atoms with Crippen molar-refractivity contribution in [1.82, 2.24) is 9.97 Å². The van der Waals surface area contributed by atoms with Crippen LogP contribution in [0.25, 0.3) is 0 Å². The maximum atomic E-state index is 8.96. The molecule has 0 radical (unpaired) electrons. The summed E-state index contributed by atoms with van der Waals surface area (Å²) in [5.74, 6) is 2.55. The molecule has 0 aromatic carbocycles. The van der Waals surface area contributed by atoms with Crippen LogP contribution < -0.4 is 4.90 Å². The van der Waals surface area contributed by atoms with Gasteiger partial charge >= 0.3 is 0 Å². The Labute approximate surface area is 109 Å². The van der Waals surface area contributed by atoms with Crippen molar-refractivity contribution >= 4 is 5.82 Å². The van der Waals surface area contributed by atoms with E-state index in [-0.39, 0.29) is 6.61 Å². The van der Waals surface area contributed by atoms with Gasteiger partial charge in [0.2, 0.25) is 0 Å². The largest absolute Gasteiger partial charge is 0.390 e. The lowest BCUT2D eigenvalue weighted by atomic mass is 9.89. The number of hydrogen-bond donors (Lipinski definition) is 1. The molecule has 4 nitrogen and oxygen atoms in total. The average molecular weight is 249 g/mol. The molecule has 1 saturated heterocycles. The maximum Gasteiger partial charge on any atom is 0.147 e. The maximum absolute atomic E-state index is 8.96. The molecule has 1 aromatic rings. The molecular formula is C14H23N3O. The Balaban J connectivity index is 2.00. The molecule has 0 aliphatic carbocycles. The zero-order valence-corrected chi connectivity index (χ0v) is 11.3. The summed E-state index contributed by atoms with van der Waals surface area (Å²) >= 11 is 0. The number of nitrogens with zero attached hydrogens (tertiary/aromatic N) is 3. The van der Waals surface area contributed by atoms with Gasteiger partial charge in [0.25, 0.3) is 0 Å². The molecule has 1 aliphatic heterocycles. The minimum Gasteiger partial charge on any atom is -0.390 e. The summed E-state index contributed by atoms with van der Waals surface area (Å²) in [6, 6.07) is 0. The fourth-order valence-electron chi connectivity index (χ4n) is 2.61. The van der Waals surface area contributed by atoms with Crippen LogP contribution in [0.1, 0.15) is 38.8 Å². The zero-order valence-electron chi connectivity index (χ0n) is 11.3. The van der Waals surface area contributed by atoms with Gasteiger partial charge in [-0.05, 0) is 31.1 Å². The number of aliphatic hydroxyl groups is 1. The quantitative estimate of drug-likeness (QED) is 0.892. The molecule has 1 aliphatic rings. The number of aliphatic hydroxyl groups excluding tert-OH is 1. The summed E-state index contributed by atoms with van der Waals surface area (Å²) in [6.07, 6.45) is 7.23. The van der Waals surface area contributed by atoms with Gasteiger partial charge in [-0.1, -0.05) is 13.8 Å². The standard InChI is InChI=1S/C14H23N3O/c1-11(2)12-4-3-6-17(7-5-12)14-9-15-13(10-18)8-16-14/h8-9,11-12,18H,3-7,10H2,1-2H3. The van der Waals surface area contributed by atoms with Crippen molar-refractivity contribution < 1.29 is 5.11 Å². The third-order valence-corrected chi connectivity index (χ3v) is 3.89. The summed E-state index contributed by atoms with van der Waals surface area (Å²) in [6.45, 7) is 6.72. The molecule has 2 heterocycles. The minimum absolute atomic E-state index is 0.0390. The molecule has 1 atom stereocenters. The van der Waals surface area contributed by atoms with E-state index >= 15 is 0 Å². The Hall–Kier alpha value is -1.16. The van der Waals surface area contributed by atoms with Crippen molar-refractivity contribution in [3.05, 3.63) is 18.1 Å². The van der Waals surface area contributed by atoms with Gasteiger partial charge in [-0.3, -0.25) is 4.98 Å². The van der Waals surface area contributed by atoms with Crippen molar-refractivity contribution in [3.63, 3.8) is 0 Å². The van der Waals surface area contributed by atoms with Crippen LogP contribution >= 0.6 is 0 Å². The smallest absolute Gasteiger partial charge is 0.147 e. The third kappa shape index (κ3) is 3.19. The molecule has 0 spiro atoms.